The molecular weight excluding hydrogens is 342 g/mol. The Morgan fingerprint density at radius 3 is 2.08 bits per heavy atom. The number of amides is 5. The molecule has 138 valence electrons. The number of benzene rings is 1. The van der Waals surface area contributed by atoms with E-state index in [2.05, 4.69) is 5.32 Å². The van der Waals surface area contributed by atoms with Crippen molar-refractivity contribution < 1.29 is 28.7 Å². The number of esters is 1. The Kier molecular flexibility index (Phi) is 5.71. The van der Waals surface area contributed by atoms with Gasteiger partial charge in [-0.2, -0.15) is 0 Å². The fourth-order valence-corrected chi connectivity index (χ4v) is 2.38. The van der Waals surface area contributed by atoms with Crippen LogP contribution in [0.25, 0.3) is 0 Å². The number of carbonyl (C=O) groups is 5. The van der Waals surface area contributed by atoms with E-state index in [9.17, 15) is 24.0 Å². The number of hydrogen-bond acceptors (Lipinski definition) is 6. The van der Waals surface area contributed by atoms with Crippen molar-refractivity contribution in [1.29, 1.82) is 0 Å². The quantitative estimate of drug-likeness (QED) is 0.580. The van der Waals surface area contributed by atoms with Crippen molar-refractivity contribution >= 4 is 29.7 Å². The van der Waals surface area contributed by atoms with E-state index >= 15 is 0 Å². The lowest BCUT2D eigenvalue weighted by Crippen LogP contribution is -2.46. The highest BCUT2D eigenvalue weighted by molar-refractivity contribution is 6.22. The van der Waals surface area contributed by atoms with Crippen molar-refractivity contribution in [1.82, 2.24) is 15.5 Å². The predicted molar refractivity (Wildman–Crippen MR) is 89.2 cm³/mol. The minimum atomic E-state index is -1.21. The van der Waals surface area contributed by atoms with Crippen molar-refractivity contribution in [2.45, 2.75) is 32.9 Å². The molecule has 1 atom stereocenters. The molecule has 1 aromatic carbocycles. The van der Waals surface area contributed by atoms with Crippen LogP contribution < -0.4 is 10.6 Å². The van der Waals surface area contributed by atoms with Crippen molar-refractivity contribution in [3.05, 3.63) is 35.4 Å². The smallest absolute Gasteiger partial charge is 0.329 e. The Hall–Kier alpha value is -3.23. The molecule has 0 spiro atoms. The maximum Gasteiger partial charge on any atom is 0.329 e. The Morgan fingerprint density at radius 2 is 1.58 bits per heavy atom. The van der Waals surface area contributed by atoms with Gasteiger partial charge in [-0.3, -0.25) is 24.6 Å². The summed E-state index contributed by atoms with van der Waals surface area (Å²) in [5, 5.41) is 4.43. The van der Waals surface area contributed by atoms with Gasteiger partial charge < -0.3 is 10.1 Å². The minimum Gasteiger partial charge on any atom is -0.454 e. The molecule has 0 aliphatic carbocycles. The molecule has 0 radical (unpaired) electrons. The average Bonchev–Trinajstić information content (AvgIpc) is 2.82. The van der Waals surface area contributed by atoms with Gasteiger partial charge in [-0.25, -0.2) is 9.59 Å². The zero-order valence-electron chi connectivity index (χ0n) is 14.6. The fourth-order valence-electron chi connectivity index (χ4n) is 2.38. The third-order valence-electron chi connectivity index (χ3n) is 3.57. The van der Waals surface area contributed by atoms with Crippen LogP contribution in [0.2, 0.25) is 0 Å². The Bertz CT molecular complexity index is 739. The first-order valence-corrected chi connectivity index (χ1v) is 7.96. The summed E-state index contributed by atoms with van der Waals surface area (Å²) in [5.41, 5.74) is 0.417. The highest BCUT2D eigenvalue weighted by atomic mass is 16.5. The second kappa shape index (κ2) is 7.77. The molecule has 0 bridgehead atoms. The van der Waals surface area contributed by atoms with E-state index in [-0.39, 0.29) is 17.2 Å². The van der Waals surface area contributed by atoms with Gasteiger partial charge in [0.05, 0.1) is 11.1 Å². The molecular formula is C17H19N3O6. The summed E-state index contributed by atoms with van der Waals surface area (Å²) in [6.07, 6.45) is 0. The standard InChI is InChI=1S/C17H19N3O6/c1-9(2)18-17(25)19-13(21)8-26-16(24)10(3)20-14(22)11-6-4-5-7-12(11)15(20)23/h4-7,9-10H,8H2,1-3H3,(H2,18,19,21,25)/t10-/m0/s1. The molecule has 9 nitrogen and oxygen atoms in total. The number of fused-ring (bicyclic) bond motifs is 1. The molecule has 1 aromatic rings. The van der Waals surface area contributed by atoms with Gasteiger partial charge in [0.15, 0.2) is 6.61 Å². The Balaban J connectivity index is 1.92. The van der Waals surface area contributed by atoms with E-state index in [4.69, 9.17) is 4.74 Å². The zero-order chi connectivity index (χ0) is 19.4. The minimum absolute atomic E-state index is 0.167. The van der Waals surface area contributed by atoms with Crippen LogP contribution in [0.1, 0.15) is 41.5 Å². The van der Waals surface area contributed by atoms with Crippen molar-refractivity contribution in [3.63, 3.8) is 0 Å². The number of hydrogen-bond donors (Lipinski definition) is 2. The number of nitrogens with zero attached hydrogens (tertiary/aromatic N) is 1. The third kappa shape index (κ3) is 4.05. The van der Waals surface area contributed by atoms with E-state index in [1.54, 1.807) is 26.0 Å². The molecule has 0 unspecified atom stereocenters. The second-order valence-corrected chi connectivity index (χ2v) is 5.99. The first-order valence-electron chi connectivity index (χ1n) is 7.96. The molecule has 5 amide bonds. The zero-order valence-corrected chi connectivity index (χ0v) is 14.6. The van der Waals surface area contributed by atoms with E-state index in [0.717, 1.165) is 4.90 Å². The molecule has 1 heterocycles. The van der Waals surface area contributed by atoms with Crippen molar-refractivity contribution in [2.24, 2.45) is 0 Å². The molecule has 1 aliphatic heterocycles. The van der Waals surface area contributed by atoms with Crippen molar-refractivity contribution in [2.75, 3.05) is 6.61 Å². The first-order chi connectivity index (χ1) is 12.2. The molecule has 2 rings (SSSR count). The first kappa shape index (κ1) is 19.1. The molecule has 0 saturated heterocycles. The van der Waals surface area contributed by atoms with Gasteiger partial charge in [-0.1, -0.05) is 12.1 Å². The van der Waals surface area contributed by atoms with Crippen LogP contribution >= 0.6 is 0 Å². The molecule has 9 heteroatoms. The maximum atomic E-state index is 12.3. The summed E-state index contributed by atoms with van der Waals surface area (Å²) in [7, 11) is 0. The molecule has 0 aromatic heterocycles. The summed E-state index contributed by atoms with van der Waals surface area (Å²) in [6, 6.07) is 4.13. The van der Waals surface area contributed by atoms with Gasteiger partial charge in [-0.05, 0) is 32.9 Å². The predicted octanol–water partition coefficient (Wildman–Crippen LogP) is 0.449. The Labute approximate surface area is 149 Å². The van der Waals surface area contributed by atoms with E-state index < -0.39 is 42.4 Å². The number of nitrogens with one attached hydrogen (secondary N) is 2. The number of urea groups is 1. The fraction of sp³-hybridized carbons (Fsp3) is 0.353. The molecule has 2 N–H and O–H groups in total. The topological polar surface area (TPSA) is 122 Å². The number of rotatable bonds is 5. The van der Waals surface area contributed by atoms with Crippen LogP contribution in [0.5, 0.6) is 0 Å². The van der Waals surface area contributed by atoms with Crippen LogP contribution in [0.4, 0.5) is 4.79 Å². The summed E-state index contributed by atoms with van der Waals surface area (Å²) in [5.74, 6) is -2.96. The SMILES string of the molecule is CC(C)NC(=O)NC(=O)COC(=O)[C@H](C)N1C(=O)c2ccccc2C1=O. The Morgan fingerprint density at radius 1 is 1.04 bits per heavy atom. The largest absolute Gasteiger partial charge is 0.454 e. The average molecular weight is 361 g/mol. The van der Waals surface area contributed by atoms with Crippen LogP contribution in [0.3, 0.4) is 0 Å². The summed E-state index contributed by atoms with van der Waals surface area (Å²) in [4.78, 5) is 60.5. The van der Waals surface area contributed by atoms with Gasteiger partial charge in [-0.15, -0.1) is 0 Å². The van der Waals surface area contributed by atoms with Gasteiger partial charge in [0.25, 0.3) is 17.7 Å². The maximum absolute atomic E-state index is 12.3. The normalized spacial score (nSPS) is 14.1. The monoisotopic (exact) mass is 361 g/mol. The van der Waals surface area contributed by atoms with E-state index in [1.807, 2.05) is 5.32 Å². The highest BCUT2D eigenvalue weighted by Gasteiger charge is 2.41. The van der Waals surface area contributed by atoms with Gasteiger partial charge in [0, 0.05) is 6.04 Å². The van der Waals surface area contributed by atoms with Crippen LogP contribution in [-0.4, -0.2) is 53.3 Å². The van der Waals surface area contributed by atoms with Gasteiger partial charge in [0.1, 0.15) is 6.04 Å². The lowest BCUT2D eigenvalue weighted by atomic mass is 10.1. The summed E-state index contributed by atoms with van der Waals surface area (Å²) in [6.45, 7) is 4.05. The van der Waals surface area contributed by atoms with Gasteiger partial charge >= 0.3 is 12.0 Å². The molecule has 0 fully saturated rings. The second-order valence-electron chi connectivity index (χ2n) is 5.99. The van der Waals surface area contributed by atoms with Crippen LogP contribution in [-0.2, 0) is 14.3 Å². The van der Waals surface area contributed by atoms with Gasteiger partial charge in [0.2, 0.25) is 0 Å². The number of ether oxygens (including phenoxy) is 1. The number of carbonyl (C=O) groups excluding carboxylic acids is 5. The molecule has 0 saturated carbocycles. The molecule has 26 heavy (non-hydrogen) atoms. The third-order valence-corrected chi connectivity index (χ3v) is 3.57. The summed E-state index contributed by atoms with van der Waals surface area (Å²) >= 11 is 0. The lowest BCUT2D eigenvalue weighted by Gasteiger charge is -2.20. The molecule has 1 aliphatic rings. The van der Waals surface area contributed by atoms with Crippen LogP contribution in [0, 0.1) is 0 Å². The lowest BCUT2D eigenvalue weighted by molar-refractivity contribution is -0.151. The van der Waals surface area contributed by atoms with E-state index in [0.29, 0.717) is 0 Å². The number of imide groups is 2. The van der Waals surface area contributed by atoms with E-state index in [1.165, 1.54) is 19.1 Å². The van der Waals surface area contributed by atoms with Crippen molar-refractivity contribution in [3.8, 4) is 0 Å². The summed E-state index contributed by atoms with van der Waals surface area (Å²) < 4.78 is 4.80. The highest BCUT2D eigenvalue weighted by Crippen LogP contribution is 2.24. The van der Waals surface area contributed by atoms with Crippen LogP contribution in [0.15, 0.2) is 24.3 Å².